The number of rotatable bonds is 7. The highest BCUT2D eigenvalue weighted by Gasteiger charge is 2.22. The molecule has 17 heavy (non-hydrogen) atoms. The van der Waals surface area contributed by atoms with Crippen molar-refractivity contribution in [3.05, 3.63) is 0 Å². The average Bonchev–Trinajstić information content (AvgIpc) is 2.14. The lowest BCUT2D eigenvalue weighted by atomic mass is 9.99. The molecule has 4 nitrogen and oxygen atoms in total. The molecule has 0 aliphatic heterocycles. The molecule has 1 amide bonds. The van der Waals surface area contributed by atoms with Crippen LogP contribution in [0.4, 0.5) is 0 Å². The standard InChI is InChI=1S/C13H26N2O2/c1-8(2)6-11(14)13(17)15-12(10(5)16)7-9(3)4/h8-9,11-12H,6-7,14H2,1-5H3,(H,15,17)/t11-,12-/m0/s1. The lowest BCUT2D eigenvalue weighted by molar-refractivity contribution is -0.128. The van der Waals surface area contributed by atoms with E-state index in [1.807, 2.05) is 27.7 Å². The minimum Gasteiger partial charge on any atom is -0.345 e. The van der Waals surface area contributed by atoms with E-state index in [0.717, 1.165) is 0 Å². The Morgan fingerprint density at radius 2 is 1.53 bits per heavy atom. The highest BCUT2D eigenvalue weighted by Crippen LogP contribution is 2.07. The normalized spacial score (nSPS) is 14.8. The van der Waals surface area contributed by atoms with Gasteiger partial charge in [-0.2, -0.15) is 0 Å². The van der Waals surface area contributed by atoms with E-state index in [2.05, 4.69) is 5.32 Å². The van der Waals surface area contributed by atoms with Crippen LogP contribution in [-0.4, -0.2) is 23.8 Å². The van der Waals surface area contributed by atoms with Crippen molar-refractivity contribution in [1.82, 2.24) is 5.32 Å². The molecule has 0 aromatic heterocycles. The monoisotopic (exact) mass is 242 g/mol. The van der Waals surface area contributed by atoms with E-state index in [1.54, 1.807) is 0 Å². The number of hydrogen-bond donors (Lipinski definition) is 2. The van der Waals surface area contributed by atoms with Crippen LogP contribution in [0.15, 0.2) is 0 Å². The van der Waals surface area contributed by atoms with Crippen molar-refractivity contribution >= 4 is 11.7 Å². The summed E-state index contributed by atoms with van der Waals surface area (Å²) >= 11 is 0. The van der Waals surface area contributed by atoms with E-state index in [9.17, 15) is 9.59 Å². The van der Waals surface area contributed by atoms with E-state index in [0.29, 0.717) is 24.7 Å². The Bertz CT molecular complexity index is 262. The van der Waals surface area contributed by atoms with Gasteiger partial charge in [-0.15, -0.1) is 0 Å². The first-order valence-electron chi connectivity index (χ1n) is 6.30. The second-order valence-electron chi connectivity index (χ2n) is 5.54. The van der Waals surface area contributed by atoms with E-state index >= 15 is 0 Å². The fourth-order valence-corrected chi connectivity index (χ4v) is 1.69. The minimum absolute atomic E-state index is 0.0104. The van der Waals surface area contributed by atoms with Crippen LogP contribution in [0.1, 0.15) is 47.5 Å². The molecule has 0 fully saturated rings. The first-order valence-corrected chi connectivity index (χ1v) is 6.30. The van der Waals surface area contributed by atoms with Gasteiger partial charge in [0.2, 0.25) is 5.91 Å². The van der Waals surface area contributed by atoms with Gasteiger partial charge in [0.1, 0.15) is 0 Å². The van der Waals surface area contributed by atoms with Gasteiger partial charge in [0.25, 0.3) is 0 Å². The number of Topliss-reactive ketones (excluding diaryl/α,β-unsaturated/α-hetero) is 1. The Kier molecular flexibility index (Phi) is 7.04. The maximum absolute atomic E-state index is 11.8. The smallest absolute Gasteiger partial charge is 0.237 e. The van der Waals surface area contributed by atoms with Crippen LogP contribution in [0, 0.1) is 11.8 Å². The Morgan fingerprint density at radius 3 is 1.88 bits per heavy atom. The third-order valence-electron chi connectivity index (χ3n) is 2.58. The van der Waals surface area contributed by atoms with Crippen molar-refractivity contribution in [2.75, 3.05) is 0 Å². The second-order valence-corrected chi connectivity index (χ2v) is 5.54. The molecule has 0 rings (SSSR count). The predicted octanol–water partition coefficient (Wildman–Crippen LogP) is 1.48. The van der Waals surface area contributed by atoms with Gasteiger partial charge in [0, 0.05) is 0 Å². The van der Waals surface area contributed by atoms with Gasteiger partial charge in [-0.3, -0.25) is 9.59 Å². The van der Waals surface area contributed by atoms with Crippen LogP contribution in [-0.2, 0) is 9.59 Å². The van der Waals surface area contributed by atoms with Gasteiger partial charge in [0.05, 0.1) is 12.1 Å². The third kappa shape index (κ3) is 7.10. The topological polar surface area (TPSA) is 72.2 Å². The fourth-order valence-electron chi connectivity index (χ4n) is 1.69. The van der Waals surface area contributed by atoms with Crippen molar-refractivity contribution < 1.29 is 9.59 Å². The van der Waals surface area contributed by atoms with Gasteiger partial charge in [-0.25, -0.2) is 0 Å². The number of carbonyl (C=O) groups is 2. The summed E-state index contributed by atoms with van der Waals surface area (Å²) in [6.07, 6.45) is 1.30. The highest BCUT2D eigenvalue weighted by molar-refractivity contribution is 5.89. The second kappa shape index (κ2) is 7.43. The number of nitrogens with two attached hydrogens (primary N) is 1. The molecule has 0 heterocycles. The van der Waals surface area contributed by atoms with Gasteiger partial charge >= 0.3 is 0 Å². The molecule has 3 N–H and O–H groups in total. The molecule has 0 aliphatic rings. The number of nitrogens with one attached hydrogen (secondary N) is 1. The Morgan fingerprint density at radius 1 is 1.06 bits per heavy atom. The number of hydrogen-bond acceptors (Lipinski definition) is 3. The molecule has 0 aromatic carbocycles. The highest BCUT2D eigenvalue weighted by atomic mass is 16.2. The molecule has 0 unspecified atom stereocenters. The molecule has 100 valence electrons. The summed E-state index contributed by atoms with van der Waals surface area (Å²) in [6, 6.07) is -0.926. The molecule has 0 bridgehead atoms. The van der Waals surface area contributed by atoms with Crippen molar-refractivity contribution in [3.63, 3.8) is 0 Å². The quantitative estimate of drug-likeness (QED) is 0.710. The molecule has 4 heteroatoms. The van der Waals surface area contributed by atoms with E-state index in [1.165, 1.54) is 6.92 Å². The van der Waals surface area contributed by atoms with Crippen LogP contribution in [0.3, 0.4) is 0 Å². The first-order chi connectivity index (χ1) is 7.73. The lowest BCUT2D eigenvalue weighted by Gasteiger charge is -2.21. The van der Waals surface area contributed by atoms with Crippen molar-refractivity contribution in [1.29, 1.82) is 0 Å². The van der Waals surface area contributed by atoms with Crippen LogP contribution >= 0.6 is 0 Å². The Labute approximate surface area is 104 Å². The molecule has 0 aliphatic carbocycles. The SMILES string of the molecule is CC(=O)[C@H](CC(C)C)NC(=O)[C@@H](N)CC(C)C. The summed E-state index contributed by atoms with van der Waals surface area (Å²) in [6.45, 7) is 9.58. The Hall–Kier alpha value is -0.900. The van der Waals surface area contributed by atoms with E-state index < -0.39 is 12.1 Å². The number of amides is 1. The molecule has 2 atom stereocenters. The molecule has 0 spiro atoms. The van der Waals surface area contributed by atoms with E-state index in [4.69, 9.17) is 5.73 Å². The summed E-state index contributed by atoms with van der Waals surface area (Å²) in [4.78, 5) is 23.2. The average molecular weight is 242 g/mol. The van der Waals surface area contributed by atoms with Crippen LogP contribution < -0.4 is 11.1 Å². The van der Waals surface area contributed by atoms with Crippen LogP contribution in [0.2, 0.25) is 0 Å². The summed E-state index contributed by atoms with van der Waals surface area (Å²) in [7, 11) is 0. The molecule has 0 saturated heterocycles. The van der Waals surface area contributed by atoms with Crippen molar-refractivity contribution in [2.45, 2.75) is 59.5 Å². The van der Waals surface area contributed by atoms with Gasteiger partial charge in [-0.05, 0) is 31.6 Å². The van der Waals surface area contributed by atoms with Gasteiger partial charge in [0.15, 0.2) is 5.78 Å². The minimum atomic E-state index is -0.524. The molecular weight excluding hydrogens is 216 g/mol. The molecular formula is C13H26N2O2. The van der Waals surface area contributed by atoms with Crippen molar-refractivity contribution in [3.8, 4) is 0 Å². The largest absolute Gasteiger partial charge is 0.345 e. The molecule has 0 radical (unpaired) electrons. The zero-order valence-corrected chi connectivity index (χ0v) is 11.6. The maximum atomic E-state index is 11.8. The van der Waals surface area contributed by atoms with Gasteiger partial charge in [-0.1, -0.05) is 27.7 Å². The van der Waals surface area contributed by atoms with Crippen molar-refractivity contribution in [2.24, 2.45) is 17.6 Å². The number of ketones is 1. The predicted molar refractivity (Wildman–Crippen MR) is 69.5 cm³/mol. The molecule has 0 aromatic rings. The summed E-state index contributed by atoms with van der Waals surface area (Å²) in [5.74, 6) is 0.505. The van der Waals surface area contributed by atoms with Crippen LogP contribution in [0.25, 0.3) is 0 Å². The zero-order valence-electron chi connectivity index (χ0n) is 11.6. The third-order valence-corrected chi connectivity index (χ3v) is 2.58. The first kappa shape index (κ1) is 16.1. The maximum Gasteiger partial charge on any atom is 0.237 e. The number of carbonyl (C=O) groups excluding carboxylic acids is 2. The van der Waals surface area contributed by atoms with E-state index in [-0.39, 0.29) is 11.7 Å². The molecule has 0 saturated carbocycles. The lowest BCUT2D eigenvalue weighted by Crippen LogP contribution is -2.48. The summed E-state index contributed by atoms with van der Waals surface area (Å²) in [5.41, 5.74) is 5.77. The zero-order chi connectivity index (χ0) is 13.6. The Balaban J connectivity index is 4.35. The van der Waals surface area contributed by atoms with Gasteiger partial charge < -0.3 is 11.1 Å². The summed E-state index contributed by atoms with van der Waals surface area (Å²) < 4.78 is 0. The van der Waals surface area contributed by atoms with Crippen LogP contribution in [0.5, 0.6) is 0 Å². The summed E-state index contributed by atoms with van der Waals surface area (Å²) in [5, 5.41) is 2.74. The fraction of sp³-hybridized carbons (Fsp3) is 0.846.